The van der Waals surface area contributed by atoms with E-state index in [2.05, 4.69) is 47.2 Å². The van der Waals surface area contributed by atoms with Gasteiger partial charge in [-0.3, -0.25) is 0 Å². The summed E-state index contributed by atoms with van der Waals surface area (Å²) >= 11 is 0. The number of methoxy groups -OCH3 is 1. The van der Waals surface area contributed by atoms with E-state index in [1.54, 1.807) is 24.5 Å². The van der Waals surface area contributed by atoms with Gasteiger partial charge in [0.2, 0.25) is 0 Å². The summed E-state index contributed by atoms with van der Waals surface area (Å²) in [6.45, 7) is 9.64. The van der Waals surface area contributed by atoms with Crippen LogP contribution >= 0.6 is 0 Å². The summed E-state index contributed by atoms with van der Waals surface area (Å²) in [7, 11) is 3.51. The number of fused-ring (bicyclic) bond motifs is 1. The Balaban J connectivity index is 1.54. The van der Waals surface area contributed by atoms with Gasteiger partial charge >= 0.3 is 12.1 Å². The zero-order valence-electron chi connectivity index (χ0n) is 23.1. The molecule has 1 fully saturated rings. The number of likely N-dealkylation sites (N-methyl/N-ethyl adjacent to an activating group) is 1. The van der Waals surface area contributed by atoms with Crippen LogP contribution in [0.1, 0.15) is 31.1 Å². The van der Waals surface area contributed by atoms with Crippen LogP contribution in [-0.4, -0.2) is 72.5 Å². The molecule has 1 aliphatic heterocycles. The maximum Gasteiger partial charge on any atom is 0.420 e. The van der Waals surface area contributed by atoms with Gasteiger partial charge in [0.25, 0.3) is 0 Å². The molecule has 4 aromatic rings. The molecule has 0 unspecified atom stereocenters. The number of benzene rings is 2. The van der Waals surface area contributed by atoms with E-state index >= 15 is 0 Å². The molecule has 0 bridgehead atoms. The Morgan fingerprint density at radius 1 is 0.872 bits per heavy atom. The number of carbonyl (C=O) groups is 2. The number of esters is 1. The van der Waals surface area contributed by atoms with Crippen LogP contribution < -0.4 is 4.90 Å². The summed E-state index contributed by atoms with van der Waals surface area (Å²) in [5.41, 5.74) is 5.17. The van der Waals surface area contributed by atoms with Gasteiger partial charge in [0.15, 0.2) is 0 Å². The molecule has 0 N–H and O–H groups in total. The SMILES string of the molecule is COC(=O)c1ccc(-c2cn(C(=O)OC(C)(C)C)c3ncc(-c4ccc(N5CCN(C)CC5)cc4)cc23)cc1. The molecule has 2 aromatic carbocycles. The van der Waals surface area contributed by atoms with Crippen molar-refractivity contribution in [1.29, 1.82) is 0 Å². The van der Waals surface area contributed by atoms with Gasteiger partial charge in [-0.15, -0.1) is 0 Å². The Bertz CT molecular complexity index is 1490. The van der Waals surface area contributed by atoms with Crippen LogP contribution in [0.15, 0.2) is 67.0 Å². The van der Waals surface area contributed by atoms with Crippen LogP contribution in [0.3, 0.4) is 0 Å². The molecule has 2 aromatic heterocycles. The van der Waals surface area contributed by atoms with Gasteiger partial charge in [-0.2, -0.15) is 0 Å². The van der Waals surface area contributed by atoms with Crippen molar-refractivity contribution in [2.45, 2.75) is 26.4 Å². The Morgan fingerprint density at radius 3 is 2.13 bits per heavy atom. The number of ether oxygens (including phenoxy) is 2. The molecule has 0 atom stereocenters. The lowest BCUT2D eigenvalue weighted by Crippen LogP contribution is -2.44. The normalized spacial score (nSPS) is 14.4. The lowest BCUT2D eigenvalue weighted by Gasteiger charge is -2.34. The summed E-state index contributed by atoms with van der Waals surface area (Å²) < 4.78 is 11.9. The van der Waals surface area contributed by atoms with E-state index in [0.29, 0.717) is 11.2 Å². The number of hydrogen-bond acceptors (Lipinski definition) is 7. The minimum atomic E-state index is -0.651. The molecular weight excluding hydrogens is 492 g/mol. The molecule has 39 heavy (non-hydrogen) atoms. The molecule has 1 saturated heterocycles. The third kappa shape index (κ3) is 5.66. The second-order valence-electron chi connectivity index (χ2n) is 10.9. The van der Waals surface area contributed by atoms with Crippen molar-refractivity contribution in [2.24, 2.45) is 0 Å². The van der Waals surface area contributed by atoms with E-state index in [9.17, 15) is 9.59 Å². The first-order valence-electron chi connectivity index (χ1n) is 13.1. The number of rotatable bonds is 4. The number of piperazine rings is 1. The van der Waals surface area contributed by atoms with Crippen LogP contribution in [0.5, 0.6) is 0 Å². The molecule has 0 radical (unpaired) electrons. The second kappa shape index (κ2) is 10.5. The molecular formula is C31H34N4O4. The highest BCUT2D eigenvalue weighted by Crippen LogP contribution is 2.34. The first-order valence-corrected chi connectivity index (χ1v) is 13.1. The summed E-state index contributed by atoms with van der Waals surface area (Å²) in [6.07, 6.45) is 3.04. The lowest BCUT2D eigenvalue weighted by atomic mass is 10.0. The lowest BCUT2D eigenvalue weighted by molar-refractivity contribution is 0.0542. The zero-order valence-corrected chi connectivity index (χ0v) is 23.1. The first kappa shape index (κ1) is 26.4. The fourth-order valence-electron chi connectivity index (χ4n) is 4.78. The van der Waals surface area contributed by atoms with Gasteiger partial charge in [0.1, 0.15) is 11.2 Å². The average molecular weight is 527 g/mol. The van der Waals surface area contributed by atoms with E-state index in [1.165, 1.54) is 17.4 Å². The minimum absolute atomic E-state index is 0.401. The summed E-state index contributed by atoms with van der Waals surface area (Å²) in [4.78, 5) is 34.5. The predicted octanol–water partition coefficient (Wildman–Crippen LogP) is 5.69. The molecule has 202 valence electrons. The van der Waals surface area contributed by atoms with Gasteiger partial charge in [0, 0.05) is 60.8 Å². The second-order valence-corrected chi connectivity index (χ2v) is 10.9. The highest BCUT2D eigenvalue weighted by Gasteiger charge is 2.23. The van der Waals surface area contributed by atoms with Crippen molar-refractivity contribution < 1.29 is 19.1 Å². The predicted molar refractivity (Wildman–Crippen MR) is 153 cm³/mol. The van der Waals surface area contributed by atoms with Crippen LogP contribution in [0, 0.1) is 0 Å². The van der Waals surface area contributed by atoms with E-state index in [0.717, 1.165) is 53.8 Å². The molecule has 0 saturated carbocycles. The van der Waals surface area contributed by atoms with E-state index in [4.69, 9.17) is 14.5 Å². The molecule has 3 heterocycles. The Kier molecular flexibility index (Phi) is 7.14. The van der Waals surface area contributed by atoms with E-state index < -0.39 is 17.7 Å². The van der Waals surface area contributed by atoms with Crippen LogP contribution in [0.2, 0.25) is 0 Å². The van der Waals surface area contributed by atoms with Crippen molar-refractivity contribution in [3.8, 4) is 22.3 Å². The maximum absolute atomic E-state index is 13.1. The Hall–Kier alpha value is -4.17. The van der Waals surface area contributed by atoms with Crippen LogP contribution in [-0.2, 0) is 9.47 Å². The molecule has 1 aliphatic rings. The molecule has 0 amide bonds. The number of nitrogens with zero attached hydrogens (tertiary/aromatic N) is 4. The first-order chi connectivity index (χ1) is 18.6. The highest BCUT2D eigenvalue weighted by atomic mass is 16.6. The monoisotopic (exact) mass is 526 g/mol. The smallest absolute Gasteiger partial charge is 0.420 e. The Morgan fingerprint density at radius 2 is 1.51 bits per heavy atom. The standard InChI is InChI=1S/C31H34N4O4/c1-31(2,3)39-30(37)35-20-27(22-6-8-23(9-7-22)29(36)38-5)26-18-24(19-32-28(26)35)21-10-12-25(13-11-21)34-16-14-33(4)15-17-34/h6-13,18-20H,14-17H2,1-5H3. The number of anilines is 1. The summed E-state index contributed by atoms with van der Waals surface area (Å²) in [5.74, 6) is -0.401. The number of carbonyl (C=O) groups excluding carboxylic acids is 2. The molecule has 8 heteroatoms. The highest BCUT2D eigenvalue weighted by molar-refractivity contribution is 6.01. The third-order valence-corrected chi connectivity index (χ3v) is 6.92. The van der Waals surface area contributed by atoms with Crippen LogP contribution in [0.4, 0.5) is 10.5 Å². The van der Waals surface area contributed by atoms with Gasteiger partial charge in [-0.25, -0.2) is 19.1 Å². The third-order valence-electron chi connectivity index (χ3n) is 6.92. The fourth-order valence-corrected chi connectivity index (χ4v) is 4.78. The van der Waals surface area contributed by atoms with E-state index in [-0.39, 0.29) is 0 Å². The number of aromatic nitrogens is 2. The van der Waals surface area contributed by atoms with Crippen molar-refractivity contribution in [1.82, 2.24) is 14.5 Å². The topological polar surface area (TPSA) is 76.9 Å². The molecule has 8 nitrogen and oxygen atoms in total. The summed E-state index contributed by atoms with van der Waals surface area (Å²) in [6, 6.07) is 17.7. The van der Waals surface area contributed by atoms with Crippen molar-refractivity contribution in [2.75, 3.05) is 45.2 Å². The Labute approximate surface area is 228 Å². The molecule has 5 rings (SSSR count). The number of hydrogen-bond donors (Lipinski definition) is 0. The minimum Gasteiger partial charge on any atom is -0.465 e. The quantitative estimate of drug-likeness (QED) is 0.316. The summed E-state index contributed by atoms with van der Waals surface area (Å²) in [5, 5.41) is 0.812. The average Bonchev–Trinajstić information content (AvgIpc) is 3.31. The van der Waals surface area contributed by atoms with Crippen molar-refractivity contribution >= 4 is 28.8 Å². The van der Waals surface area contributed by atoms with Gasteiger partial charge in [-0.05, 0) is 69.3 Å². The van der Waals surface area contributed by atoms with Crippen molar-refractivity contribution in [3.63, 3.8) is 0 Å². The maximum atomic E-state index is 13.1. The van der Waals surface area contributed by atoms with Gasteiger partial charge in [0.05, 0.1) is 12.7 Å². The molecule has 0 spiro atoms. The number of pyridine rings is 1. The molecule has 0 aliphatic carbocycles. The van der Waals surface area contributed by atoms with Crippen molar-refractivity contribution in [3.05, 3.63) is 72.6 Å². The van der Waals surface area contributed by atoms with E-state index in [1.807, 2.05) is 32.9 Å². The fraction of sp³-hybridized carbons (Fsp3) is 0.323. The van der Waals surface area contributed by atoms with Gasteiger partial charge in [-0.1, -0.05) is 24.3 Å². The van der Waals surface area contributed by atoms with Gasteiger partial charge < -0.3 is 19.3 Å². The largest absolute Gasteiger partial charge is 0.465 e. The van der Waals surface area contributed by atoms with Crippen LogP contribution in [0.25, 0.3) is 33.3 Å². The zero-order chi connectivity index (χ0) is 27.7.